The lowest BCUT2D eigenvalue weighted by Gasteiger charge is -2.20. The van der Waals surface area contributed by atoms with Gasteiger partial charge in [0.1, 0.15) is 0 Å². The number of aromatic nitrogens is 2. The Bertz CT molecular complexity index is 694. The van der Waals surface area contributed by atoms with Gasteiger partial charge in [0.2, 0.25) is 5.03 Å². The number of hydrazine groups is 1. The van der Waals surface area contributed by atoms with Crippen molar-refractivity contribution in [2.45, 2.75) is 18.9 Å². The van der Waals surface area contributed by atoms with E-state index < -0.39 is 10.0 Å². The molecule has 0 atom stereocenters. The Hall–Kier alpha value is -1.20. The maximum Gasteiger partial charge on any atom is 0.263 e. The van der Waals surface area contributed by atoms with Crippen LogP contribution in [0, 0.1) is 0 Å². The standard InChI is InChI=1S/C11H19N5O3S2/c1-3-15(5-7-19-4-2)21(17,18)10-9(14-12)13-11-16(10)6-8-20-11/h6,8,14H,3-5,7,12H2,1-2H3. The summed E-state index contributed by atoms with van der Waals surface area (Å²) in [4.78, 5) is 4.75. The summed E-state index contributed by atoms with van der Waals surface area (Å²) in [5, 5.41) is 1.83. The van der Waals surface area contributed by atoms with Gasteiger partial charge in [0, 0.05) is 31.3 Å². The predicted molar refractivity (Wildman–Crippen MR) is 81.8 cm³/mol. The number of hydrogen-bond donors (Lipinski definition) is 2. The van der Waals surface area contributed by atoms with E-state index in [4.69, 9.17) is 10.6 Å². The van der Waals surface area contributed by atoms with E-state index in [9.17, 15) is 8.42 Å². The SMILES string of the molecule is CCOCCN(CC)S(=O)(=O)c1c(NN)nc2sccn12. The topological polar surface area (TPSA) is 102 Å². The molecule has 0 spiro atoms. The Morgan fingerprint density at radius 3 is 2.90 bits per heavy atom. The summed E-state index contributed by atoms with van der Waals surface area (Å²) in [7, 11) is -3.71. The largest absolute Gasteiger partial charge is 0.380 e. The summed E-state index contributed by atoms with van der Waals surface area (Å²) in [6.07, 6.45) is 1.66. The second-order valence-electron chi connectivity index (χ2n) is 4.16. The average Bonchev–Trinajstić information content (AvgIpc) is 3.02. The molecule has 2 aromatic rings. The summed E-state index contributed by atoms with van der Waals surface area (Å²) in [6.45, 7) is 5.18. The van der Waals surface area contributed by atoms with E-state index >= 15 is 0 Å². The van der Waals surface area contributed by atoms with Gasteiger partial charge in [0.15, 0.2) is 10.8 Å². The van der Waals surface area contributed by atoms with Crippen LogP contribution in [0.4, 0.5) is 5.82 Å². The number of ether oxygens (including phenoxy) is 1. The number of anilines is 1. The Morgan fingerprint density at radius 1 is 1.52 bits per heavy atom. The van der Waals surface area contributed by atoms with Gasteiger partial charge in [-0.25, -0.2) is 14.3 Å². The second kappa shape index (κ2) is 6.71. The Morgan fingerprint density at radius 2 is 2.29 bits per heavy atom. The highest BCUT2D eigenvalue weighted by molar-refractivity contribution is 7.89. The van der Waals surface area contributed by atoms with Crippen LogP contribution in [0.2, 0.25) is 0 Å². The minimum absolute atomic E-state index is 0.0552. The highest BCUT2D eigenvalue weighted by Crippen LogP contribution is 2.27. The van der Waals surface area contributed by atoms with Crippen molar-refractivity contribution in [1.82, 2.24) is 13.7 Å². The molecular weight excluding hydrogens is 314 g/mol. The van der Waals surface area contributed by atoms with E-state index in [1.165, 1.54) is 20.0 Å². The Balaban J connectivity index is 2.41. The highest BCUT2D eigenvalue weighted by Gasteiger charge is 2.30. The molecule has 10 heteroatoms. The molecule has 3 N–H and O–H groups in total. The lowest BCUT2D eigenvalue weighted by Crippen LogP contribution is -2.35. The number of nitrogens with two attached hydrogens (primary N) is 1. The first kappa shape index (κ1) is 16.2. The highest BCUT2D eigenvalue weighted by atomic mass is 32.2. The molecule has 0 aliphatic rings. The second-order valence-corrected chi connectivity index (χ2v) is 6.89. The van der Waals surface area contributed by atoms with Crippen LogP contribution in [-0.2, 0) is 14.8 Å². The van der Waals surface area contributed by atoms with E-state index in [1.807, 2.05) is 6.92 Å². The monoisotopic (exact) mass is 333 g/mol. The van der Waals surface area contributed by atoms with Gasteiger partial charge in [-0.1, -0.05) is 6.92 Å². The van der Waals surface area contributed by atoms with Crippen molar-refractivity contribution in [3.8, 4) is 0 Å². The molecular formula is C11H19N5O3S2. The minimum Gasteiger partial charge on any atom is -0.380 e. The van der Waals surface area contributed by atoms with Crippen LogP contribution in [0.5, 0.6) is 0 Å². The summed E-state index contributed by atoms with van der Waals surface area (Å²) in [6, 6.07) is 0. The van der Waals surface area contributed by atoms with Crippen LogP contribution in [0.3, 0.4) is 0 Å². The number of thiazole rings is 1. The fourth-order valence-electron chi connectivity index (χ4n) is 1.99. The number of sulfonamides is 1. The number of likely N-dealkylation sites (N-methyl/N-ethyl adjacent to an activating group) is 1. The smallest absolute Gasteiger partial charge is 0.263 e. The molecule has 0 aromatic carbocycles. The number of imidazole rings is 1. The van der Waals surface area contributed by atoms with Crippen molar-refractivity contribution in [3.05, 3.63) is 11.6 Å². The quantitative estimate of drug-likeness (QED) is 0.419. The molecule has 21 heavy (non-hydrogen) atoms. The number of nitrogen functional groups attached to an aromatic ring is 1. The summed E-state index contributed by atoms with van der Waals surface area (Å²) in [5.74, 6) is 5.55. The maximum absolute atomic E-state index is 12.8. The van der Waals surface area contributed by atoms with Crippen LogP contribution in [0.15, 0.2) is 16.6 Å². The lowest BCUT2D eigenvalue weighted by molar-refractivity contribution is 0.135. The van der Waals surface area contributed by atoms with Crippen LogP contribution in [-0.4, -0.2) is 48.4 Å². The fraction of sp³-hybridized carbons (Fsp3) is 0.545. The third-order valence-corrected chi connectivity index (χ3v) is 5.74. The van der Waals surface area contributed by atoms with Gasteiger partial charge >= 0.3 is 0 Å². The molecule has 0 saturated carbocycles. The van der Waals surface area contributed by atoms with Crippen molar-refractivity contribution in [2.75, 3.05) is 31.7 Å². The molecule has 0 bridgehead atoms. The molecule has 0 unspecified atom stereocenters. The number of hydrogen-bond acceptors (Lipinski definition) is 7. The van der Waals surface area contributed by atoms with Crippen molar-refractivity contribution in [2.24, 2.45) is 5.84 Å². The fourth-order valence-corrected chi connectivity index (χ4v) is 4.40. The molecule has 0 aliphatic carbocycles. The number of rotatable bonds is 8. The lowest BCUT2D eigenvalue weighted by atomic mass is 10.6. The van der Waals surface area contributed by atoms with Crippen molar-refractivity contribution < 1.29 is 13.2 Å². The first-order valence-electron chi connectivity index (χ1n) is 6.56. The van der Waals surface area contributed by atoms with Gasteiger partial charge in [0.25, 0.3) is 10.0 Å². The normalized spacial score (nSPS) is 12.4. The maximum atomic E-state index is 12.8. The van der Waals surface area contributed by atoms with Gasteiger partial charge in [0.05, 0.1) is 6.61 Å². The summed E-state index contributed by atoms with van der Waals surface area (Å²) >= 11 is 1.34. The summed E-state index contributed by atoms with van der Waals surface area (Å²) < 4.78 is 33.8. The van der Waals surface area contributed by atoms with Crippen LogP contribution in [0.1, 0.15) is 13.8 Å². The molecule has 2 aromatic heterocycles. The van der Waals surface area contributed by atoms with Gasteiger partial charge in [-0.15, -0.1) is 11.3 Å². The zero-order valence-electron chi connectivity index (χ0n) is 11.9. The van der Waals surface area contributed by atoms with Gasteiger partial charge < -0.3 is 10.2 Å². The molecule has 0 fully saturated rings. The third kappa shape index (κ3) is 3.04. The predicted octanol–water partition coefficient (Wildman–Crippen LogP) is 0.729. The zero-order valence-corrected chi connectivity index (χ0v) is 13.6. The van der Waals surface area contributed by atoms with Crippen LogP contribution < -0.4 is 11.3 Å². The third-order valence-electron chi connectivity index (χ3n) is 2.98. The Kier molecular flexibility index (Phi) is 5.17. The minimum atomic E-state index is -3.71. The Labute approximate surface area is 127 Å². The van der Waals surface area contributed by atoms with Gasteiger partial charge in [-0.2, -0.15) is 9.29 Å². The molecule has 0 aliphatic heterocycles. The summed E-state index contributed by atoms with van der Waals surface area (Å²) in [5.41, 5.74) is 2.36. The number of nitrogens with zero attached hydrogens (tertiary/aromatic N) is 3. The zero-order chi connectivity index (χ0) is 15.5. The van der Waals surface area contributed by atoms with E-state index in [0.717, 1.165) is 0 Å². The molecule has 0 radical (unpaired) electrons. The average molecular weight is 333 g/mol. The van der Waals surface area contributed by atoms with E-state index in [0.29, 0.717) is 24.7 Å². The molecule has 0 amide bonds. The van der Waals surface area contributed by atoms with E-state index in [-0.39, 0.29) is 17.4 Å². The van der Waals surface area contributed by atoms with E-state index in [1.54, 1.807) is 18.5 Å². The van der Waals surface area contributed by atoms with Gasteiger partial charge in [-0.3, -0.25) is 4.40 Å². The number of fused-ring (bicyclic) bond motifs is 1. The van der Waals surface area contributed by atoms with Crippen molar-refractivity contribution in [1.29, 1.82) is 0 Å². The molecule has 118 valence electrons. The number of nitrogens with one attached hydrogen (secondary N) is 1. The molecule has 2 rings (SSSR count). The van der Waals surface area contributed by atoms with Gasteiger partial charge in [-0.05, 0) is 6.92 Å². The van der Waals surface area contributed by atoms with E-state index in [2.05, 4.69) is 10.4 Å². The van der Waals surface area contributed by atoms with Crippen LogP contribution >= 0.6 is 11.3 Å². The molecule has 8 nitrogen and oxygen atoms in total. The first-order valence-corrected chi connectivity index (χ1v) is 8.88. The molecule has 2 heterocycles. The first-order chi connectivity index (χ1) is 10.1. The van der Waals surface area contributed by atoms with Crippen molar-refractivity contribution in [3.63, 3.8) is 0 Å². The van der Waals surface area contributed by atoms with Crippen LogP contribution in [0.25, 0.3) is 4.96 Å². The molecule has 0 saturated heterocycles. The van der Waals surface area contributed by atoms with Crippen molar-refractivity contribution >= 4 is 32.1 Å².